The van der Waals surface area contributed by atoms with Gasteiger partial charge < -0.3 is 15.4 Å². The highest BCUT2D eigenvalue weighted by Crippen LogP contribution is 2.23. The van der Waals surface area contributed by atoms with Crippen molar-refractivity contribution in [1.82, 2.24) is 15.1 Å². The quantitative estimate of drug-likeness (QED) is 0.577. The molecule has 31 heavy (non-hydrogen) atoms. The zero-order chi connectivity index (χ0) is 22.4. The van der Waals surface area contributed by atoms with E-state index < -0.39 is 0 Å². The topological polar surface area (TPSA) is 85.2 Å². The number of anilines is 1. The van der Waals surface area contributed by atoms with Gasteiger partial charge in [0.25, 0.3) is 11.8 Å². The molecule has 0 bridgehead atoms. The molecule has 1 aromatic heterocycles. The molecule has 0 fully saturated rings. The van der Waals surface area contributed by atoms with Gasteiger partial charge in [-0.3, -0.25) is 14.3 Å². The van der Waals surface area contributed by atoms with Crippen molar-refractivity contribution >= 4 is 17.5 Å². The number of para-hydroxylation sites is 1. The van der Waals surface area contributed by atoms with Crippen LogP contribution in [0.15, 0.2) is 48.7 Å². The van der Waals surface area contributed by atoms with Crippen molar-refractivity contribution in [2.45, 2.75) is 33.8 Å². The second-order valence-corrected chi connectivity index (χ2v) is 7.45. The summed E-state index contributed by atoms with van der Waals surface area (Å²) in [7, 11) is 1.67. The molecule has 3 rings (SSSR count). The summed E-state index contributed by atoms with van der Waals surface area (Å²) in [5, 5.41) is 9.69. The minimum atomic E-state index is -0.306. The van der Waals surface area contributed by atoms with Gasteiger partial charge in [-0.2, -0.15) is 5.10 Å². The number of aryl methyl sites for hydroxylation is 3. The van der Waals surface area contributed by atoms with Gasteiger partial charge >= 0.3 is 0 Å². The number of aromatic nitrogens is 2. The number of benzene rings is 2. The van der Waals surface area contributed by atoms with Gasteiger partial charge in [-0.25, -0.2) is 0 Å². The van der Waals surface area contributed by atoms with Gasteiger partial charge in [0.05, 0.1) is 11.9 Å². The molecule has 0 saturated carbocycles. The van der Waals surface area contributed by atoms with E-state index in [-0.39, 0.29) is 11.8 Å². The normalized spacial score (nSPS) is 10.6. The van der Waals surface area contributed by atoms with E-state index in [4.69, 9.17) is 4.74 Å². The van der Waals surface area contributed by atoms with E-state index >= 15 is 0 Å². The summed E-state index contributed by atoms with van der Waals surface area (Å²) in [6.07, 6.45) is 2.30. The summed E-state index contributed by atoms with van der Waals surface area (Å²) >= 11 is 0. The first kappa shape index (κ1) is 22.1. The fraction of sp³-hybridized carbons (Fsp3) is 0.292. The molecule has 0 aliphatic rings. The first-order chi connectivity index (χ1) is 14.9. The van der Waals surface area contributed by atoms with Crippen LogP contribution >= 0.6 is 0 Å². The van der Waals surface area contributed by atoms with Gasteiger partial charge in [-0.1, -0.05) is 37.3 Å². The molecule has 0 radical (unpaired) electrons. The van der Waals surface area contributed by atoms with E-state index in [2.05, 4.69) is 15.7 Å². The molecule has 3 aromatic rings. The number of ether oxygens (including phenoxy) is 1. The minimum Gasteiger partial charge on any atom is -0.488 e. The van der Waals surface area contributed by atoms with Crippen LogP contribution in [0.1, 0.15) is 50.9 Å². The van der Waals surface area contributed by atoms with Gasteiger partial charge in [-0.05, 0) is 49.1 Å². The number of hydrogen-bond acceptors (Lipinski definition) is 4. The van der Waals surface area contributed by atoms with E-state index in [1.807, 2.05) is 51.1 Å². The summed E-state index contributed by atoms with van der Waals surface area (Å²) in [6.45, 7) is 6.99. The SMILES string of the molecule is CCCNC(=O)c1c(NC(=O)c2ccc(COc3c(C)cccc3C)cc2)cnn1C. The van der Waals surface area contributed by atoms with Gasteiger partial charge in [0.1, 0.15) is 18.1 Å². The smallest absolute Gasteiger partial charge is 0.271 e. The molecule has 7 heteroatoms. The number of nitrogens with zero attached hydrogens (tertiary/aromatic N) is 2. The molecule has 2 aromatic carbocycles. The lowest BCUT2D eigenvalue weighted by Crippen LogP contribution is -2.27. The number of hydrogen-bond donors (Lipinski definition) is 2. The van der Waals surface area contributed by atoms with Gasteiger partial charge in [0.2, 0.25) is 0 Å². The largest absolute Gasteiger partial charge is 0.488 e. The Hall–Kier alpha value is -3.61. The lowest BCUT2D eigenvalue weighted by molar-refractivity contribution is 0.0945. The molecular weight excluding hydrogens is 392 g/mol. The molecule has 0 atom stereocenters. The summed E-state index contributed by atoms with van der Waals surface area (Å²) in [5.41, 5.74) is 4.32. The van der Waals surface area contributed by atoms with Crippen LogP contribution in [0.2, 0.25) is 0 Å². The van der Waals surface area contributed by atoms with Crippen molar-refractivity contribution in [1.29, 1.82) is 0 Å². The summed E-state index contributed by atoms with van der Waals surface area (Å²) in [6, 6.07) is 13.3. The first-order valence-electron chi connectivity index (χ1n) is 10.3. The van der Waals surface area contributed by atoms with E-state index in [1.165, 1.54) is 10.9 Å². The highest BCUT2D eigenvalue weighted by molar-refractivity contribution is 6.08. The third kappa shape index (κ3) is 5.31. The summed E-state index contributed by atoms with van der Waals surface area (Å²) in [5.74, 6) is 0.311. The van der Waals surface area contributed by atoms with Crippen molar-refractivity contribution < 1.29 is 14.3 Å². The molecule has 0 saturated heterocycles. The number of carbonyl (C=O) groups is 2. The van der Waals surface area contributed by atoms with E-state index in [1.54, 1.807) is 19.2 Å². The van der Waals surface area contributed by atoms with Gasteiger partial charge in [0, 0.05) is 19.2 Å². The maximum absolute atomic E-state index is 12.7. The monoisotopic (exact) mass is 420 g/mol. The van der Waals surface area contributed by atoms with Crippen molar-refractivity contribution in [3.63, 3.8) is 0 Å². The maximum atomic E-state index is 12.7. The van der Waals surface area contributed by atoms with Crippen LogP contribution in [0.5, 0.6) is 5.75 Å². The van der Waals surface area contributed by atoms with Crippen LogP contribution in [0.3, 0.4) is 0 Å². The van der Waals surface area contributed by atoms with E-state index in [9.17, 15) is 9.59 Å². The highest BCUT2D eigenvalue weighted by Gasteiger charge is 2.19. The lowest BCUT2D eigenvalue weighted by Gasteiger charge is -2.12. The molecule has 1 heterocycles. The first-order valence-corrected chi connectivity index (χ1v) is 10.3. The van der Waals surface area contributed by atoms with Crippen LogP contribution < -0.4 is 15.4 Å². The lowest BCUT2D eigenvalue weighted by atomic mass is 10.1. The Balaban J connectivity index is 1.65. The number of amides is 2. The predicted octanol–water partition coefficient (Wildman–Crippen LogP) is 4.01. The Bertz CT molecular complexity index is 1050. The molecule has 0 spiro atoms. The highest BCUT2D eigenvalue weighted by atomic mass is 16.5. The minimum absolute atomic E-state index is 0.267. The van der Waals surface area contributed by atoms with Crippen LogP contribution in [0.4, 0.5) is 5.69 Å². The number of nitrogens with one attached hydrogen (secondary N) is 2. The van der Waals surface area contributed by atoms with Crippen molar-refractivity contribution in [2.24, 2.45) is 7.05 Å². The zero-order valence-corrected chi connectivity index (χ0v) is 18.4. The average molecular weight is 421 g/mol. The summed E-state index contributed by atoms with van der Waals surface area (Å²) in [4.78, 5) is 25.0. The van der Waals surface area contributed by atoms with Crippen molar-refractivity contribution in [2.75, 3.05) is 11.9 Å². The molecule has 0 aliphatic heterocycles. The Labute approximate surface area is 182 Å². The second-order valence-electron chi connectivity index (χ2n) is 7.45. The molecule has 2 amide bonds. The Morgan fingerprint density at radius 1 is 1.03 bits per heavy atom. The fourth-order valence-electron chi connectivity index (χ4n) is 3.25. The Morgan fingerprint density at radius 3 is 2.35 bits per heavy atom. The molecule has 0 unspecified atom stereocenters. The van der Waals surface area contributed by atoms with Gasteiger partial charge in [0.15, 0.2) is 0 Å². The number of carbonyl (C=O) groups excluding carboxylic acids is 2. The molecule has 162 valence electrons. The average Bonchev–Trinajstić information content (AvgIpc) is 3.12. The summed E-state index contributed by atoms with van der Waals surface area (Å²) < 4.78 is 7.42. The zero-order valence-electron chi connectivity index (χ0n) is 18.4. The second kappa shape index (κ2) is 9.93. The molecule has 0 aliphatic carbocycles. The standard InChI is InChI=1S/C24H28N4O3/c1-5-13-25-24(30)21-20(14-26-28(21)4)27-23(29)19-11-9-18(10-12-19)15-31-22-16(2)7-6-8-17(22)3/h6-12,14H,5,13,15H2,1-4H3,(H,25,30)(H,27,29). The third-order valence-electron chi connectivity index (χ3n) is 4.95. The van der Waals surface area contributed by atoms with Crippen molar-refractivity contribution in [3.05, 3.63) is 76.6 Å². The van der Waals surface area contributed by atoms with Crippen LogP contribution in [-0.2, 0) is 13.7 Å². The Kier molecular flexibility index (Phi) is 7.07. The maximum Gasteiger partial charge on any atom is 0.271 e. The Morgan fingerprint density at radius 2 is 1.71 bits per heavy atom. The van der Waals surface area contributed by atoms with Crippen LogP contribution in [0, 0.1) is 13.8 Å². The van der Waals surface area contributed by atoms with Crippen molar-refractivity contribution in [3.8, 4) is 5.75 Å². The molecular formula is C24H28N4O3. The fourth-order valence-corrected chi connectivity index (χ4v) is 3.25. The van der Waals surface area contributed by atoms with Crippen LogP contribution in [-0.4, -0.2) is 28.1 Å². The van der Waals surface area contributed by atoms with E-state index in [0.717, 1.165) is 28.9 Å². The molecule has 2 N–H and O–H groups in total. The van der Waals surface area contributed by atoms with Crippen LogP contribution in [0.25, 0.3) is 0 Å². The van der Waals surface area contributed by atoms with Gasteiger partial charge in [-0.15, -0.1) is 0 Å². The third-order valence-corrected chi connectivity index (χ3v) is 4.95. The predicted molar refractivity (Wildman–Crippen MR) is 120 cm³/mol. The van der Waals surface area contributed by atoms with E-state index in [0.29, 0.717) is 30.1 Å². The molecule has 7 nitrogen and oxygen atoms in total. The number of rotatable bonds is 8.